The van der Waals surface area contributed by atoms with Gasteiger partial charge in [0.1, 0.15) is 5.82 Å². The molecule has 0 bridgehead atoms. The van der Waals surface area contributed by atoms with E-state index in [1.165, 1.54) is 11.1 Å². The van der Waals surface area contributed by atoms with E-state index < -0.39 is 17.9 Å². The number of nitrogens with zero attached hydrogens (tertiary/aromatic N) is 2. The van der Waals surface area contributed by atoms with Gasteiger partial charge in [-0.15, -0.1) is 0 Å². The van der Waals surface area contributed by atoms with Gasteiger partial charge >= 0.3 is 0 Å². The van der Waals surface area contributed by atoms with E-state index in [0.717, 1.165) is 0 Å². The maximum atomic E-state index is 10.9. The van der Waals surface area contributed by atoms with Crippen LogP contribution in [0.2, 0.25) is 0 Å². The van der Waals surface area contributed by atoms with Crippen molar-refractivity contribution in [2.75, 3.05) is 18.0 Å². The smallest absolute Gasteiger partial charge is 0.237 e. The molecule has 7 nitrogen and oxygen atoms in total. The SMILES string of the molecule is C[C@H](O)c1ccnc(N(CC(N)=O)CC(N)=O)c1. The van der Waals surface area contributed by atoms with Crippen LogP contribution >= 0.6 is 0 Å². The van der Waals surface area contributed by atoms with Crippen LogP contribution in [0.5, 0.6) is 0 Å². The van der Waals surface area contributed by atoms with E-state index in [0.29, 0.717) is 11.4 Å². The van der Waals surface area contributed by atoms with Gasteiger partial charge < -0.3 is 21.5 Å². The zero-order valence-corrected chi connectivity index (χ0v) is 10.0. The van der Waals surface area contributed by atoms with Crippen LogP contribution in [0.25, 0.3) is 0 Å². The van der Waals surface area contributed by atoms with Crippen molar-refractivity contribution < 1.29 is 14.7 Å². The monoisotopic (exact) mass is 252 g/mol. The Morgan fingerprint density at radius 3 is 2.39 bits per heavy atom. The highest BCUT2D eigenvalue weighted by atomic mass is 16.3. The van der Waals surface area contributed by atoms with Crippen molar-refractivity contribution in [3.05, 3.63) is 23.9 Å². The maximum absolute atomic E-state index is 10.9. The molecule has 0 radical (unpaired) electrons. The number of nitrogens with two attached hydrogens (primary N) is 2. The van der Waals surface area contributed by atoms with E-state index in [1.54, 1.807) is 19.1 Å². The summed E-state index contributed by atoms with van der Waals surface area (Å²) in [5.41, 5.74) is 10.8. The van der Waals surface area contributed by atoms with Crippen molar-refractivity contribution in [2.45, 2.75) is 13.0 Å². The van der Waals surface area contributed by atoms with Crippen LogP contribution in [0.15, 0.2) is 18.3 Å². The van der Waals surface area contributed by atoms with Crippen molar-refractivity contribution in [1.82, 2.24) is 4.98 Å². The molecule has 0 saturated heterocycles. The number of hydrogen-bond acceptors (Lipinski definition) is 5. The molecule has 1 heterocycles. The maximum Gasteiger partial charge on any atom is 0.237 e. The summed E-state index contributed by atoms with van der Waals surface area (Å²) < 4.78 is 0. The molecular formula is C11H16N4O3. The summed E-state index contributed by atoms with van der Waals surface area (Å²) in [5, 5.41) is 9.46. The molecule has 1 aromatic rings. The number of amides is 2. The lowest BCUT2D eigenvalue weighted by Crippen LogP contribution is -2.40. The number of primary amides is 2. The fraction of sp³-hybridized carbons (Fsp3) is 0.364. The Balaban J connectivity index is 2.99. The van der Waals surface area contributed by atoms with Crippen LogP contribution in [0, 0.1) is 0 Å². The second kappa shape index (κ2) is 5.97. The summed E-state index contributed by atoms with van der Waals surface area (Å²) in [4.78, 5) is 27.3. The normalized spacial score (nSPS) is 11.9. The van der Waals surface area contributed by atoms with Crippen LogP contribution < -0.4 is 16.4 Å². The third kappa shape index (κ3) is 4.02. The Morgan fingerprint density at radius 1 is 1.39 bits per heavy atom. The molecule has 0 aliphatic carbocycles. The lowest BCUT2D eigenvalue weighted by Gasteiger charge is -2.21. The number of hydrogen-bond donors (Lipinski definition) is 3. The number of carbonyl (C=O) groups excluding carboxylic acids is 2. The summed E-state index contributed by atoms with van der Waals surface area (Å²) in [6.45, 7) is 1.27. The second-order valence-electron chi connectivity index (χ2n) is 3.91. The minimum atomic E-state index is -0.671. The molecule has 0 unspecified atom stereocenters. The predicted molar refractivity (Wildman–Crippen MR) is 65.5 cm³/mol. The highest BCUT2D eigenvalue weighted by Gasteiger charge is 2.14. The van der Waals surface area contributed by atoms with Gasteiger partial charge in [-0.25, -0.2) is 4.98 Å². The average molecular weight is 252 g/mol. The van der Waals surface area contributed by atoms with Gasteiger partial charge in [-0.2, -0.15) is 0 Å². The Labute approximate surface area is 104 Å². The van der Waals surface area contributed by atoms with Gasteiger partial charge in [0.15, 0.2) is 0 Å². The molecule has 98 valence electrons. The number of rotatable bonds is 6. The van der Waals surface area contributed by atoms with E-state index in [4.69, 9.17) is 11.5 Å². The largest absolute Gasteiger partial charge is 0.389 e. The first-order valence-electron chi connectivity index (χ1n) is 5.35. The number of aliphatic hydroxyl groups is 1. The molecule has 0 fully saturated rings. The fourth-order valence-corrected chi connectivity index (χ4v) is 1.46. The Kier molecular flexibility index (Phi) is 4.61. The molecule has 5 N–H and O–H groups in total. The molecule has 1 aromatic heterocycles. The minimum Gasteiger partial charge on any atom is -0.389 e. The quantitative estimate of drug-likeness (QED) is 0.593. The minimum absolute atomic E-state index is 0.167. The number of carbonyl (C=O) groups is 2. The van der Waals surface area contributed by atoms with Crippen LogP contribution in [0.4, 0.5) is 5.82 Å². The van der Waals surface area contributed by atoms with Crippen molar-refractivity contribution in [3.63, 3.8) is 0 Å². The lowest BCUT2D eigenvalue weighted by molar-refractivity contribution is -0.117. The second-order valence-corrected chi connectivity index (χ2v) is 3.91. The molecule has 0 aliphatic heterocycles. The molecule has 0 saturated carbocycles. The average Bonchev–Trinajstić information content (AvgIpc) is 2.27. The van der Waals surface area contributed by atoms with Gasteiger partial charge in [-0.3, -0.25) is 9.59 Å². The number of anilines is 1. The zero-order valence-electron chi connectivity index (χ0n) is 10.0. The third-order valence-corrected chi connectivity index (χ3v) is 2.27. The Hall–Kier alpha value is -2.15. The molecule has 18 heavy (non-hydrogen) atoms. The van der Waals surface area contributed by atoms with Crippen molar-refractivity contribution in [1.29, 1.82) is 0 Å². The topological polar surface area (TPSA) is 123 Å². The van der Waals surface area contributed by atoms with Crippen molar-refractivity contribution in [2.24, 2.45) is 11.5 Å². The fourth-order valence-electron chi connectivity index (χ4n) is 1.46. The van der Waals surface area contributed by atoms with E-state index in [2.05, 4.69) is 4.98 Å². The number of aliphatic hydroxyl groups excluding tert-OH is 1. The first-order chi connectivity index (χ1) is 8.40. The van der Waals surface area contributed by atoms with Gasteiger partial charge in [0.05, 0.1) is 19.2 Å². The number of pyridine rings is 1. The highest BCUT2D eigenvalue weighted by molar-refractivity contribution is 5.84. The Bertz CT molecular complexity index is 432. The standard InChI is InChI=1S/C11H16N4O3/c1-7(16)8-2-3-14-11(4-8)15(5-9(12)17)6-10(13)18/h2-4,7,16H,5-6H2,1H3,(H2,12,17)(H2,13,18)/t7-/m0/s1. The first kappa shape index (κ1) is 13.9. The van der Waals surface area contributed by atoms with Crippen LogP contribution in [0.1, 0.15) is 18.6 Å². The van der Waals surface area contributed by atoms with Gasteiger partial charge in [-0.05, 0) is 24.6 Å². The zero-order chi connectivity index (χ0) is 13.7. The molecule has 0 spiro atoms. The highest BCUT2D eigenvalue weighted by Crippen LogP contribution is 2.17. The molecule has 2 amide bonds. The summed E-state index contributed by atoms with van der Waals surface area (Å²) in [5.74, 6) is -0.827. The summed E-state index contributed by atoms with van der Waals surface area (Å²) >= 11 is 0. The molecule has 7 heteroatoms. The summed E-state index contributed by atoms with van der Waals surface area (Å²) in [6, 6.07) is 3.22. The first-order valence-corrected chi connectivity index (χ1v) is 5.35. The summed E-state index contributed by atoms with van der Waals surface area (Å²) in [6.07, 6.45) is 0.808. The van der Waals surface area contributed by atoms with Crippen LogP contribution in [-0.4, -0.2) is 35.0 Å². The van der Waals surface area contributed by atoms with Gasteiger partial charge in [-0.1, -0.05) is 0 Å². The van der Waals surface area contributed by atoms with Crippen LogP contribution in [-0.2, 0) is 9.59 Å². The van der Waals surface area contributed by atoms with Gasteiger partial charge in [0.2, 0.25) is 11.8 Å². The molecule has 0 aromatic carbocycles. The Morgan fingerprint density at radius 2 is 1.94 bits per heavy atom. The third-order valence-electron chi connectivity index (χ3n) is 2.27. The van der Waals surface area contributed by atoms with E-state index >= 15 is 0 Å². The molecule has 1 rings (SSSR count). The number of aromatic nitrogens is 1. The van der Waals surface area contributed by atoms with E-state index in [9.17, 15) is 14.7 Å². The molecule has 1 atom stereocenters. The lowest BCUT2D eigenvalue weighted by atomic mass is 10.1. The van der Waals surface area contributed by atoms with Gasteiger partial charge in [0, 0.05) is 6.20 Å². The van der Waals surface area contributed by atoms with Crippen molar-refractivity contribution in [3.8, 4) is 0 Å². The van der Waals surface area contributed by atoms with Crippen LogP contribution in [0.3, 0.4) is 0 Å². The van der Waals surface area contributed by atoms with E-state index in [1.807, 2.05) is 0 Å². The van der Waals surface area contributed by atoms with Crippen molar-refractivity contribution >= 4 is 17.6 Å². The predicted octanol–water partition coefficient (Wildman–Crippen LogP) is -1.09. The summed E-state index contributed by atoms with van der Waals surface area (Å²) in [7, 11) is 0. The molecular weight excluding hydrogens is 236 g/mol. The van der Waals surface area contributed by atoms with E-state index in [-0.39, 0.29) is 13.1 Å². The van der Waals surface area contributed by atoms with Gasteiger partial charge in [0.25, 0.3) is 0 Å². The molecule has 0 aliphatic rings.